The number of nitrogens with zero attached hydrogens (tertiary/aromatic N) is 1. The average molecular weight is 266 g/mol. The van der Waals surface area contributed by atoms with Crippen LogP contribution in [0.15, 0.2) is 48.5 Å². The van der Waals surface area contributed by atoms with Crippen molar-refractivity contribution in [3.8, 4) is 0 Å². The van der Waals surface area contributed by atoms with Crippen LogP contribution in [0.2, 0.25) is 0 Å². The second-order valence-electron chi connectivity index (χ2n) is 5.67. The van der Waals surface area contributed by atoms with E-state index in [9.17, 15) is 0 Å². The summed E-state index contributed by atoms with van der Waals surface area (Å²) in [6.45, 7) is 4.15. The van der Waals surface area contributed by atoms with E-state index in [-0.39, 0.29) is 6.04 Å². The van der Waals surface area contributed by atoms with E-state index in [4.69, 9.17) is 5.73 Å². The molecule has 0 saturated heterocycles. The van der Waals surface area contributed by atoms with Crippen LogP contribution >= 0.6 is 0 Å². The van der Waals surface area contributed by atoms with E-state index >= 15 is 0 Å². The quantitative estimate of drug-likeness (QED) is 0.899. The van der Waals surface area contributed by atoms with Gasteiger partial charge in [0.15, 0.2) is 0 Å². The zero-order chi connectivity index (χ0) is 13.9. The minimum Gasteiger partial charge on any atom is -0.367 e. The Morgan fingerprint density at radius 1 is 1.00 bits per heavy atom. The Morgan fingerprint density at radius 2 is 1.70 bits per heavy atom. The minimum absolute atomic E-state index is 0.105. The van der Waals surface area contributed by atoms with E-state index in [1.807, 2.05) is 6.92 Å². The fraction of sp³-hybridized carbons (Fsp3) is 0.333. The van der Waals surface area contributed by atoms with Gasteiger partial charge < -0.3 is 10.6 Å². The van der Waals surface area contributed by atoms with Gasteiger partial charge in [-0.05, 0) is 48.6 Å². The summed E-state index contributed by atoms with van der Waals surface area (Å²) in [6.07, 6.45) is 2.40. The SMILES string of the molecule is C[C@H](N)c1ccc(N2CCCc3ccccc3C2)cc1. The van der Waals surface area contributed by atoms with Crippen LogP contribution in [0.3, 0.4) is 0 Å². The van der Waals surface area contributed by atoms with Crippen molar-refractivity contribution in [1.82, 2.24) is 0 Å². The van der Waals surface area contributed by atoms with Crippen LogP contribution in [0.5, 0.6) is 0 Å². The lowest BCUT2D eigenvalue weighted by molar-refractivity contribution is 0.764. The van der Waals surface area contributed by atoms with Gasteiger partial charge in [-0.25, -0.2) is 0 Å². The zero-order valence-electron chi connectivity index (χ0n) is 12.0. The normalized spacial score (nSPS) is 16.4. The van der Waals surface area contributed by atoms with E-state index in [0.717, 1.165) is 13.1 Å². The van der Waals surface area contributed by atoms with Gasteiger partial charge in [-0.15, -0.1) is 0 Å². The molecular weight excluding hydrogens is 244 g/mol. The summed E-state index contributed by atoms with van der Waals surface area (Å²) in [5.41, 5.74) is 11.4. The average Bonchev–Trinajstić information content (AvgIpc) is 2.69. The van der Waals surface area contributed by atoms with Gasteiger partial charge >= 0.3 is 0 Å². The number of rotatable bonds is 2. The molecule has 1 aliphatic heterocycles. The van der Waals surface area contributed by atoms with Gasteiger partial charge in [0.1, 0.15) is 0 Å². The largest absolute Gasteiger partial charge is 0.367 e. The van der Waals surface area contributed by atoms with E-state index in [1.54, 1.807) is 0 Å². The number of nitrogens with two attached hydrogens (primary N) is 1. The van der Waals surface area contributed by atoms with Crippen LogP contribution in [0.25, 0.3) is 0 Å². The van der Waals surface area contributed by atoms with E-state index in [2.05, 4.69) is 53.4 Å². The smallest absolute Gasteiger partial charge is 0.0432 e. The molecule has 104 valence electrons. The van der Waals surface area contributed by atoms with Crippen molar-refractivity contribution < 1.29 is 0 Å². The third-order valence-corrected chi connectivity index (χ3v) is 4.14. The van der Waals surface area contributed by atoms with Gasteiger partial charge in [0.05, 0.1) is 0 Å². The lowest BCUT2D eigenvalue weighted by atomic mass is 10.0. The standard InChI is InChI=1S/C18H22N2/c1-14(19)15-8-10-18(11-9-15)20-12-4-7-16-5-2-3-6-17(16)13-20/h2-3,5-6,8-11,14H,4,7,12-13,19H2,1H3/t14-/m0/s1. The summed E-state index contributed by atoms with van der Waals surface area (Å²) < 4.78 is 0. The van der Waals surface area contributed by atoms with Crippen molar-refractivity contribution in [3.63, 3.8) is 0 Å². The molecule has 1 aliphatic rings. The van der Waals surface area contributed by atoms with E-state index in [1.165, 1.54) is 35.2 Å². The highest BCUT2D eigenvalue weighted by atomic mass is 15.1. The fourth-order valence-corrected chi connectivity index (χ4v) is 2.91. The van der Waals surface area contributed by atoms with Gasteiger partial charge in [0.25, 0.3) is 0 Å². The number of hydrogen-bond acceptors (Lipinski definition) is 2. The Bertz CT molecular complexity index is 572. The van der Waals surface area contributed by atoms with Gasteiger partial charge in [-0.2, -0.15) is 0 Å². The highest BCUT2D eigenvalue weighted by molar-refractivity contribution is 5.49. The zero-order valence-corrected chi connectivity index (χ0v) is 12.0. The van der Waals surface area contributed by atoms with Crippen LogP contribution in [-0.4, -0.2) is 6.54 Å². The first-order chi connectivity index (χ1) is 9.74. The Balaban J connectivity index is 1.84. The minimum atomic E-state index is 0.105. The van der Waals surface area contributed by atoms with Crippen LogP contribution < -0.4 is 10.6 Å². The first kappa shape index (κ1) is 13.2. The molecule has 0 aliphatic carbocycles. The van der Waals surface area contributed by atoms with Crippen molar-refractivity contribution in [2.24, 2.45) is 5.73 Å². The summed E-state index contributed by atoms with van der Waals surface area (Å²) in [5.74, 6) is 0. The van der Waals surface area contributed by atoms with Gasteiger partial charge in [-0.1, -0.05) is 36.4 Å². The van der Waals surface area contributed by atoms with E-state index in [0.29, 0.717) is 0 Å². The molecule has 20 heavy (non-hydrogen) atoms. The highest BCUT2D eigenvalue weighted by Gasteiger charge is 2.14. The molecule has 2 aromatic carbocycles. The number of benzene rings is 2. The van der Waals surface area contributed by atoms with Gasteiger partial charge in [-0.3, -0.25) is 0 Å². The molecule has 3 rings (SSSR count). The van der Waals surface area contributed by atoms with Crippen molar-refractivity contribution in [1.29, 1.82) is 0 Å². The molecule has 0 bridgehead atoms. The number of fused-ring (bicyclic) bond motifs is 1. The number of hydrogen-bond donors (Lipinski definition) is 1. The van der Waals surface area contributed by atoms with Crippen LogP contribution in [0, 0.1) is 0 Å². The summed E-state index contributed by atoms with van der Waals surface area (Å²) in [6, 6.07) is 17.6. The maximum Gasteiger partial charge on any atom is 0.0432 e. The first-order valence-corrected chi connectivity index (χ1v) is 7.41. The lowest BCUT2D eigenvalue weighted by Crippen LogP contribution is -2.22. The first-order valence-electron chi connectivity index (χ1n) is 7.41. The molecule has 0 amide bonds. The molecule has 0 fully saturated rings. The molecule has 1 heterocycles. The molecule has 0 aromatic heterocycles. The van der Waals surface area contributed by atoms with Crippen LogP contribution in [0.1, 0.15) is 36.1 Å². The highest BCUT2D eigenvalue weighted by Crippen LogP contribution is 2.24. The molecule has 2 aromatic rings. The van der Waals surface area contributed by atoms with Gasteiger partial charge in [0, 0.05) is 24.8 Å². The Kier molecular flexibility index (Phi) is 3.75. The molecule has 0 spiro atoms. The number of aryl methyl sites for hydroxylation is 1. The van der Waals surface area contributed by atoms with Crippen molar-refractivity contribution >= 4 is 5.69 Å². The summed E-state index contributed by atoms with van der Waals surface area (Å²) >= 11 is 0. The Labute approximate surface area is 121 Å². The molecule has 0 radical (unpaired) electrons. The molecule has 2 N–H and O–H groups in total. The molecular formula is C18H22N2. The van der Waals surface area contributed by atoms with Gasteiger partial charge in [0.2, 0.25) is 0 Å². The maximum atomic E-state index is 5.92. The third kappa shape index (κ3) is 2.70. The predicted molar refractivity (Wildman–Crippen MR) is 84.9 cm³/mol. The summed E-state index contributed by atoms with van der Waals surface area (Å²) in [7, 11) is 0. The second kappa shape index (κ2) is 5.68. The maximum absolute atomic E-state index is 5.92. The fourth-order valence-electron chi connectivity index (χ4n) is 2.91. The Morgan fingerprint density at radius 3 is 2.40 bits per heavy atom. The monoisotopic (exact) mass is 266 g/mol. The van der Waals surface area contributed by atoms with E-state index < -0.39 is 0 Å². The molecule has 2 heteroatoms. The van der Waals surface area contributed by atoms with Crippen LogP contribution in [-0.2, 0) is 13.0 Å². The van der Waals surface area contributed by atoms with Crippen LogP contribution in [0.4, 0.5) is 5.69 Å². The molecule has 0 saturated carbocycles. The summed E-state index contributed by atoms with van der Waals surface area (Å²) in [5, 5.41) is 0. The molecule has 0 unspecified atom stereocenters. The topological polar surface area (TPSA) is 29.3 Å². The predicted octanol–water partition coefficient (Wildman–Crippen LogP) is 3.66. The number of anilines is 1. The summed E-state index contributed by atoms with van der Waals surface area (Å²) in [4.78, 5) is 2.47. The lowest BCUT2D eigenvalue weighted by Gasteiger charge is -2.23. The van der Waals surface area contributed by atoms with Crippen molar-refractivity contribution in [2.45, 2.75) is 32.4 Å². The third-order valence-electron chi connectivity index (χ3n) is 4.14. The second-order valence-corrected chi connectivity index (χ2v) is 5.67. The Hall–Kier alpha value is -1.80. The molecule has 1 atom stereocenters. The molecule has 2 nitrogen and oxygen atoms in total. The van der Waals surface area contributed by atoms with Crippen molar-refractivity contribution in [3.05, 3.63) is 65.2 Å². The van der Waals surface area contributed by atoms with Crippen molar-refractivity contribution in [2.75, 3.05) is 11.4 Å².